The van der Waals surface area contributed by atoms with Crippen LogP contribution in [-0.4, -0.2) is 0 Å². The molecule has 6 unspecified atom stereocenters. The maximum atomic E-state index is 9.30. The predicted octanol–water partition coefficient (Wildman–Crippen LogP) is 21.0. The van der Waals surface area contributed by atoms with Crippen LogP contribution in [0.15, 0.2) is 195 Å². The first-order valence-corrected chi connectivity index (χ1v) is 36.5. The molecule has 0 aliphatic heterocycles. The zero-order valence-electron chi connectivity index (χ0n) is 66.4. The first-order valence-electron chi connectivity index (χ1n) is 39.0. The molecule has 6 aliphatic carbocycles. The van der Waals surface area contributed by atoms with Crippen LogP contribution >= 0.6 is 0 Å². The van der Waals surface area contributed by atoms with Crippen molar-refractivity contribution in [1.29, 1.82) is 0 Å². The van der Waals surface area contributed by atoms with Gasteiger partial charge >= 0.3 is 0 Å². The molecule has 6 aliphatic rings. The van der Waals surface area contributed by atoms with Gasteiger partial charge in [0.2, 0.25) is 28.5 Å². The Kier molecular flexibility index (Phi) is 19.0. The van der Waals surface area contributed by atoms with Gasteiger partial charge in [0.25, 0.3) is 0 Å². The molecule has 0 radical (unpaired) electrons. The third-order valence-electron chi connectivity index (χ3n) is 23.0. The van der Waals surface area contributed by atoms with Crippen LogP contribution in [0.2, 0.25) is 0 Å². The van der Waals surface area contributed by atoms with Crippen molar-refractivity contribution in [2.75, 3.05) is 0 Å². The summed E-state index contributed by atoms with van der Waals surface area (Å²) in [5, 5.41) is 0. The van der Waals surface area contributed by atoms with E-state index in [1.807, 2.05) is 7.05 Å². The summed E-state index contributed by atoms with van der Waals surface area (Å²) in [5.74, 6) is -0.585. The SMILES string of the molecule is CCC(CC)c1ccc(-c2ccccc2C)[n+](C)c1.Cc1ccccc1-c1c2c(cc[n+]1C)C1CCC2C1.[2H]C(CC)(CC)c1ccc(-c2ccccc2C)[n+](C)c1.[2H]C12CCC([2H])(C1)c1c2cc[n+](C)c1-c1ccccc1C.[2H]C12CCC([2H])(c3c1cc[n+](C)c3-c1ccccc1C)C2(C)C. The van der Waals surface area contributed by atoms with Crippen LogP contribution in [0.25, 0.3) is 56.3 Å². The van der Waals surface area contributed by atoms with Crippen molar-refractivity contribution in [2.45, 2.75) is 200 Å². The second kappa shape index (κ2) is 29.5. The van der Waals surface area contributed by atoms with Crippen LogP contribution in [0.5, 0.6) is 0 Å². The number of rotatable bonds is 11. The molecule has 3 saturated carbocycles. The van der Waals surface area contributed by atoms with Crippen molar-refractivity contribution in [3.05, 3.63) is 267 Å². The van der Waals surface area contributed by atoms with Crippen LogP contribution in [0.4, 0.5) is 0 Å². The summed E-state index contributed by atoms with van der Waals surface area (Å²) in [6, 6.07) is 57.9. The minimum atomic E-state index is -0.680. The molecule has 10 aromatic rings. The number of hydrogen-bond donors (Lipinski definition) is 0. The quantitative estimate of drug-likeness (QED) is 0.115. The van der Waals surface area contributed by atoms with Crippen molar-refractivity contribution in [2.24, 2.45) is 40.7 Å². The highest BCUT2D eigenvalue weighted by Crippen LogP contribution is 2.65. The molecule has 5 aromatic carbocycles. The molecular weight excluding hydrogens is 1180 g/mol. The maximum Gasteiger partial charge on any atom is 0.216 e. The summed E-state index contributed by atoms with van der Waals surface area (Å²) in [5.41, 5.74) is 28.8. The van der Waals surface area contributed by atoms with Gasteiger partial charge in [0.05, 0.1) is 0 Å². The Balaban J connectivity index is 0.000000121. The van der Waals surface area contributed by atoms with Crippen LogP contribution in [-0.2, 0) is 35.2 Å². The van der Waals surface area contributed by atoms with Gasteiger partial charge in [-0.25, -0.2) is 22.8 Å². The largest absolute Gasteiger partial charge is 0.216 e. The molecule has 5 heteroatoms. The summed E-state index contributed by atoms with van der Waals surface area (Å²) in [6.07, 6.45) is 22.9. The Bertz CT molecular complexity index is 4780. The molecule has 0 N–H and O–H groups in total. The van der Waals surface area contributed by atoms with Gasteiger partial charge in [-0.2, -0.15) is 0 Å². The van der Waals surface area contributed by atoms with Crippen LogP contribution in [0.3, 0.4) is 0 Å². The third kappa shape index (κ3) is 13.5. The van der Waals surface area contributed by atoms with Crippen molar-refractivity contribution in [1.82, 2.24) is 0 Å². The Morgan fingerprint density at radius 3 is 1.26 bits per heavy atom. The Labute approximate surface area is 591 Å². The number of nitrogens with zero attached hydrogens (tertiary/aromatic N) is 5. The third-order valence-corrected chi connectivity index (χ3v) is 23.0. The van der Waals surface area contributed by atoms with Gasteiger partial charge in [-0.15, -0.1) is 0 Å². The van der Waals surface area contributed by atoms with E-state index in [2.05, 4.69) is 322 Å². The highest BCUT2D eigenvalue weighted by molar-refractivity contribution is 5.71. The zero-order chi connectivity index (χ0) is 73.0. The molecule has 6 bridgehead atoms. The highest BCUT2D eigenvalue weighted by Gasteiger charge is 2.54. The smallest absolute Gasteiger partial charge is 0.201 e. The fourth-order valence-electron chi connectivity index (χ4n) is 17.5. The van der Waals surface area contributed by atoms with Crippen molar-refractivity contribution >= 4 is 0 Å². The fraction of sp³-hybridized carbons (Fsp3) is 0.402. The molecule has 0 amide bonds. The first kappa shape index (κ1) is 62.4. The molecule has 3 fully saturated rings. The summed E-state index contributed by atoms with van der Waals surface area (Å²) in [4.78, 5) is 0. The van der Waals surface area contributed by atoms with Gasteiger partial charge in [0.1, 0.15) is 35.2 Å². The molecule has 97 heavy (non-hydrogen) atoms. The topological polar surface area (TPSA) is 19.4 Å². The minimum absolute atomic E-state index is 0.367. The second-order valence-electron chi connectivity index (χ2n) is 29.2. The summed E-state index contributed by atoms with van der Waals surface area (Å²) < 4.78 is 55.6. The average Bonchev–Trinajstić information content (AvgIpc) is 1.50. The predicted molar refractivity (Wildman–Crippen MR) is 403 cm³/mol. The zero-order valence-corrected chi connectivity index (χ0v) is 61.4. The molecular formula is C92H112N5+5. The van der Waals surface area contributed by atoms with E-state index in [0.717, 1.165) is 89.6 Å². The van der Waals surface area contributed by atoms with E-state index in [1.165, 1.54) is 110 Å². The van der Waals surface area contributed by atoms with Gasteiger partial charge in [-0.05, 0) is 251 Å². The number of fused-ring (bicyclic) bond motifs is 15. The van der Waals surface area contributed by atoms with E-state index in [4.69, 9.17) is 5.48 Å². The van der Waals surface area contributed by atoms with E-state index in [-0.39, 0.29) is 5.41 Å². The molecule has 500 valence electrons. The molecule has 5 aromatic heterocycles. The van der Waals surface area contributed by atoms with Crippen LogP contribution in [0, 0.1) is 40.0 Å². The summed E-state index contributed by atoms with van der Waals surface area (Å²) >= 11 is 0. The second-order valence-corrected chi connectivity index (χ2v) is 29.2. The molecule has 5 nitrogen and oxygen atoms in total. The lowest BCUT2D eigenvalue weighted by Gasteiger charge is -2.24. The fourth-order valence-corrected chi connectivity index (χ4v) is 17.5. The van der Waals surface area contributed by atoms with Crippen molar-refractivity contribution in [3.8, 4) is 56.3 Å². The van der Waals surface area contributed by atoms with E-state index in [1.54, 1.807) is 11.1 Å². The molecule has 5 heterocycles. The lowest BCUT2D eigenvalue weighted by Crippen LogP contribution is -2.33. The van der Waals surface area contributed by atoms with Gasteiger partial charge in [-0.3, -0.25) is 0 Å². The number of hydrogen-bond acceptors (Lipinski definition) is 0. The standard InChI is InChI=1S/C20H24N.2C18H20N.2C18H24N/c1-13-7-5-6-8-14(13)19-18-15(11-12-21(19)4)16-9-10-17(18)20(16,2)3;2*1-12-5-3-4-6-15(12)18-17-14-8-7-13(11-14)16(17)9-10-19(18)2;2*1-5-15(6-2)16-11-12-18(19(4)13-16)17-10-8-7-9-14(17)3/h5-8,11-12,16-17H,9-10H2,1-4H3;2*3-6,9-10,13-14H,7-8,11H2,1-2H3;2*7-13,15H,5-6H2,1-4H3/q5*+1/i16D,17D;13D,14D;;15D;. The van der Waals surface area contributed by atoms with Gasteiger partial charge in [-0.1, -0.05) is 133 Å². The number of benzene rings is 5. The van der Waals surface area contributed by atoms with Crippen LogP contribution < -0.4 is 22.8 Å². The van der Waals surface area contributed by atoms with Gasteiger partial charge < -0.3 is 0 Å². The van der Waals surface area contributed by atoms with Gasteiger partial charge in [0.15, 0.2) is 31.0 Å². The molecule has 16 rings (SSSR count). The summed E-state index contributed by atoms with van der Waals surface area (Å²) in [7, 11) is 10.5. The normalized spacial score (nSPS) is 22.9. The van der Waals surface area contributed by atoms with E-state index in [0.29, 0.717) is 12.3 Å². The molecule has 0 spiro atoms. The number of aromatic nitrogens is 5. The molecule has 0 saturated heterocycles. The lowest BCUT2D eigenvalue weighted by atomic mass is 9.79. The Morgan fingerprint density at radius 2 is 0.784 bits per heavy atom. The van der Waals surface area contributed by atoms with E-state index >= 15 is 0 Å². The van der Waals surface area contributed by atoms with Crippen molar-refractivity contribution in [3.63, 3.8) is 0 Å². The van der Waals surface area contributed by atoms with E-state index in [9.17, 15) is 1.37 Å². The Hall–Kier alpha value is -8.15. The minimum Gasteiger partial charge on any atom is -0.201 e. The number of aryl methyl sites for hydroxylation is 10. The van der Waals surface area contributed by atoms with Gasteiger partial charge in [0, 0.05) is 92.8 Å². The van der Waals surface area contributed by atoms with Crippen LogP contribution in [0.1, 0.15) is 245 Å². The first-order chi connectivity index (χ1) is 48.6. The monoisotopic (exact) mass is 1290 g/mol. The number of pyridine rings is 5. The summed E-state index contributed by atoms with van der Waals surface area (Å²) in [6.45, 7) is 23.7. The van der Waals surface area contributed by atoms with Crippen molar-refractivity contribution < 1.29 is 29.7 Å². The average molecular weight is 1290 g/mol. The highest BCUT2D eigenvalue weighted by atomic mass is 14.9. The van der Waals surface area contributed by atoms with E-state index < -0.39 is 29.5 Å². The Morgan fingerprint density at radius 1 is 0.381 bits per heavy atom. The lowest BCUT2D eigenvalue weighted by molar-refractivity contribution is -0.661. The maximum absolute atomic E-state index is 9.30. The molecule has 6 atom stereocenters.